The van der Waals surface area contributed by atoms with E-state index in [1.165, 1.54) is 11.3 Å². The predicted octanol–water partition coefficient (Wildman–Crippen LogP) is 3.18. The molecule has 3 rings (SSSR count). The molecule has 24 heavy (non-hydrogen) atoms. The Balaban J connectivity index is 1.78. The Labute approximate surface area is 145 Å². The van der Waals surface area contributed by atoms with Crippen LogP contribution in [0.15, 0.2) is 18.2 Å². The second kappa shape index (κ2) is 6.76. The van der Waals surface area contributed by atoms with Gasteiger partial charge < -0.3 is 9.47 Å². The van der Waals surface area contributed by atoms with Crippen LogP contribution < -0.4 is 14.8 Å². The highest BCUT2D eigenvalue weighted by atomic mass is 32.1. The molecule has 0 atom stereocenters. The van der Waals surface area contributed by atoms with Crippen LogP contribution in [0.5, 0.6) is 11.5 Å². The number of aryl methyl sites for hydroxylation is 1. The van der Waals surface area contributed by atoms with Gasteiger partial charge in [0.15, 0.2) is 11.5 Å². The number of nitrogens with one attached hydrogen (secondary N) is 1. The Morgan fingerprint density at radius 2 is 2.00 bits per heavy atom. The fraction of sp³-hybridized carbons (Fsp3) is 0.471. The zero-order chi connectivity index (χ0) is 17.2. The molecule has 1 heterocycles. The standard InChI is InChI=1S/C17H21N3O3S/c1-4-5-14-19-20-16(24-14)18-15(21)17(8-9-17)11-6-7-12(22-2)13(10-11)23-3/h6-7,10H,4-5,8-9H2,1-3H3,(H,18,20,21). The smallest absolute Gasteiger partial charge is 0.236 e. The van der Waals surface area contributed by atoms with Gasteiger partial charge in [-0.15, -0.1) is 10.2 Å². The number of methoxy groups -OCH3 is 2. The van der Waals surface area contributed by atoms with Gasteiger partial charge in [-0.05, 0) is 37.0 Å². The van der Waals surface area contributed by atoms with Crippen LogP contribution >= 0.6 is 11.3 Å². The Hall–Kier alpha value is -2.15. The van der Waals surface area contributed by atoms with Crippen LogP contribution in [0.2, 0.25) is 0 Å². The first-order valence-corrected chi connectivity index (χ1v) is 8.81. The third-order valence-electron chi connectivity index (χ3n) is 4.27. The van der Waals surface area contributed by atoms with Gasteiger partial charge in [-0.1, -0.05) is 24.3 Å². The van der Waals surface area contributed by atoms with Crippen molar-refractivity contribution in [1.29, 1.82) is 0 Å². The molecule has 1 saturated carbocycles. The number of carbonyl (C=O) groups excluding carboxylic acids is 1. The number of aromatic nitrogens is 2. The van der Waals surface area contributed by atoms with Crippen molar-refractivity contribution in [3.05, 3.63) is 28.8 Å². The minimum atomic E-state index is -0.504. The van der Waals surface area contributed by atoms with Crippen LogP contribution in [-0.2, 0) is 16.6 Å². The second-order valence-electron chi connectivity index (χ2n) is 5.86. The van der Waals surface area contributed by atoms with Crippen LogP contribution in [0.1, 0.15) is 36.8 Å². The Morgan fingerprint density at radius 3 is 2.62 bits per heavy atom. The molecule has 0 saturated heterocycles. The van der Waals surface area contributed by atoms with Gasteiger partial charge in [0.05, 0.1) is 19.6 Å². The fourth-order valence-corrected chi connectivity index (χ4v) is 3.58. The molecule has 1 amide bonds. The average molecular weight is 347 g/mol. The normalized spacial score (nSPS) is 15.0. The molecule has 0 unspecified atom stereocenters. The molecule has 1 N–H and O–H groups in total. The van der Waals surface area contributed by atoms with E-state index in [0.29, 0.717) is 16.6 Å². The van der Waals surface area contributed by atoms with Gasteiger partial charge in [0.25, 0.3) is 0 Å². The van der Waals surface area contributed by atoms with Crippen molar-refractivity contribution < 1.29 is 14.3 Å². The zero-order valence-corrected chi connectivity index (χ0v) is 14.9. The lowest BCUT2D eigenvalue weighted by Gasteiger charge is -2.16. The summed E-state index contributed by atoms with van der Waals surface area (Å²) >= 11 is 1.44. The Morgan fingerprint density at radius 1 is 1.25 bits per heavy atom. The lowest BCUT2D eigenvalue weighted by atomic mass is 9.94. The molecule has 0 radical (unpaired) electrons. The largest absolute Gasteiger partial charge is 0.493 e. The van der Waals surface area contributed by atoms with Crippen LogP contribution in [-0.4, -0.2) is 30.3 Å². The third kappa shape index (κ3) is 3.08. The summed E-state index contributed by atoms with van der Waals surface area (Å²) in [5.41, 5.74) is 0.437. The first-order chi connectivity index (χ1) is 11.6. The maximum Gasteiger partial charge on any atom is 0.236 e. The lowest BCUT2D eigenvalue weighted by molar-refractivity contribution is -0.118. The number of hydrogen-bond donors (Lipinski definition) is 1. The minimum Gasteiger partial charge on any atom is -0.493 e. The predicted molar refractivity (Wildman–Crippen MR) is 93.0 cm³/mol. The molecule has 2 aromatic rings. The van der Waals surface area contributed by atoms with Gasteiger partial charge in [0.2, 0.25) is 11.0 Å². The average Bonchev–Trinajstić information content (AvgIpc) is 3.31. The number of hydrogen-bond acceptors (Lipinski definition) is 6. The van der Waals surface area contributed by atoms with Crippen molar-refractivity contribution in [3.8, 4) is 11.5 Å². The van der Waals surface area contributed by atoms with E-state index in [-0.39, 0.29) is 5.91 Å². The van der Waals surface area contributed by atoms with Crippen molar-refractivity contribution >= 4 is 22.4 Å². The molecular weight excluding hydrogens is 326 g/mol. The van der Waals surface area contributed by atoms with Crippen molar-refractivity contribution in [2.75, 3.05) is 19.5 Å². The van der Waals surface area contributed by atoms with E-state index in [1.54, 1.807) is 14.2 Å². The van der Waals surface area contributed by atoms with Gasteiger partial charge in [-0.3, -0.25) is 10.1 Å². The molecule has 6 nitrogen and oxygen atoms in total. The number of benzene rings is 1. The third-order valence-corrected chi connectivity index (χ3v) is 5.17. The van der Waals surface area contributed by atoms with Gasteiger partial charge >= 0.3 is 0 Å². The second-order valence-corrected chi connectivity index (χ2v) is 6.92. The monoisotopic (exact) mass is 347 g/mol. The van der Waals surface area contributed by atoms with Crippen LogP contribution in [0.25, 0.3) is 0 Å². The maximum atomic E-state index is 12.8. The highest BCUT2D eigenvalue weighted by Gasteiger charge is 2.51. The van der Waals surface area contributed by atoms with E-state index >= 15 is 0 Å². The summed E-state index contributed by atoms with van der Waals surface area (Å²) in [5.74, 6) is 1.26. The molecule has 1 aromatic carbocycles. The molecule has 128 valence electrons. The summed E-state index contributed by atoms with van der Waals surface area (Å²) in [6.45, 7) is 2.09. The highest BCUT2D eigenvalue weighted by Crippen LogP contribution is 2.50. The molecule has 1 aliphatic rings. The molecule has 1 aromatic heterocycles. The number of carbonyl (C=O) groups is 1. The van der Waals surface area contributed by atoms with E-state index in [0.717, 1.165) is 36.3 Å². The Kier molecular flexibility index (Phi) is 4.71. The summed E-state index contributed by atoms with van der Waals surface area (Å²) < 4.78 is 10.6. The fourth-order valence-electron chi connectivity index (χ4n) is 2.74. The van der Waals surface area contributed by atoms with E-state index < -0.39 is 5.41 Å². The van der Waals surface area contributed by atoms with Crippen molar-refractivity contribution in [3.63, 3.8) is 0 Å². The Bertz CT molecular complexity index is 740. The lowest BCUT2D eigenvalue weighted by Crippen LogP contribution is -2.27. The molecule has 0 spiro atoms. The summed E-state index contributed by atoms with van der Waals surface area (Å²) in [5, 5.41) is 12.6. The molecule has 0 bridgehead atoms. The van der Waals surface area contributed by atoms with Crippen LogP contribution in [0.3, 0.4) is 0 Å². The molecule has 1 aliphatic carbocycles. The van der Waals surface area contributed by atoms with Gasteiger partial charge in [-0.2, -0.15) is 0 Å². The van der Waals surface area contributed by atoms with Crippen molar-refractivity contribution in [2.45, 2.75) is 38.0 Å². The van der Waals surface area contributed by atoms with Crippen LogP contribution in [0.4, 0.5) is 5.13 Å². The minimum absolute atomic E-state index is 0.0334. The molecule has 7 heteroatoms. The summed E-state index contributed by atoms with van der Waals surface area (Å²) in [6.07, 6.45) is 3.52. The number of rotatable bonds is 7. The molecule has 1 fully saturated rings. The number of anilines is 1. The summed E-state index contributed by atoms with van der Waals surface area (Å²) in [7, 11) is 3.19. The summed E-state index contributed by atoms with van der Waals surface area (Å²) in [4.78, 5) is 12.8. The van der Waals surface area contributed by atoms with Crippen LogP contribution in [0, 0.1) is 0 Å². The molecule has 0 aliphatic heterocycles. The number of amides is 1. The number of nitrogens with zero attached hydrogens (tertiary/aromatic N) is 2. The maximum absolute atomic E-state index is 12.8. The van der Waals surface area contributed by atoms with Crippen molar-refractivity contribution in [1.82, 2.24) is 10.2 Å². The zero-order valence-electron chi connectivity index (χ0n) is 14.1. The number of ether oxygens (including phenoxy) is 2. The van der Waals surface area contributed by atoms with Gasteiger partial charge in [0.1, 0.15) is 5.01 Å². The first-order valence-electron chi connectivity index (χ1n) is 7.99. The van der Waals surface area contributed by atoms with E-state index in [2.05, 4.69) is 22.4 Å². The summed E-state index contributed by atoms with van der Waals surface area (Å²) in [6, 6.07) is 5.65. The highest BCUT2D eigenvalue weighted by molar-refractivity contribution is 7.15. The van der Waals surface area contributed by atoms with E-state index in [1.807, 2.05) is 18.2 Å². The van der Waals surface area contributed by atoms with E-state index in [4.69, 9.17) is 9.47 Å². The van der Waals surface area contributed by atoms with Crippen molar-refractivity contribution in [2.24, 2.45) is 0 Å². The SMILES string of the molecule is CCCc1nnc(NC(=O)C2(c3ccc(OC)c(OC)c3)CC2)s1. The van der Waals surface area contributed by atoms with E-state index in [9.17, 15) is 4.79 Å². The molecular formula is C17H21N3O3S. The quantitative estimate of drug-likeness (QED) is 0.833. The van der Waals surface area contributed by atoms with Gasteiger partial charge in [0, 0.05) is 6.42 Å². The first kappa shape index (κ1) is 16.7. The van der Waals surface area contributed by atoms with Gasteiger partial charge in [-0.25, -0.2) is 0 Å². The topological polar surface area (TPSA) is 73.3 Å².